The first kappa shape index (κ1) is 19.2. The van der Waals surface area contributed by atoms with Crippen molar-refractivity contribution in [3.8, 4) is 0 Å². The van der Waals surface area contributed by atoms with E-state index in [1.165, 1.54) is 24.3 Å². The van der Waals surface area contributed by atoms with E-state index in [2.05, 4.69) is 10.2 Å². The van der Waals surface area contributed by atoms with E-state index in [-0.39, 0.29) is 23.1 Å². The number of carbonyl (C=O) groups is 1. The average Bonchev–Trinajstić information content (AvgIpc) is 3.14. The molecule has 0 aromatic heterocycles. The number of benzene rings is 1. The maximum atomic E-state index is 12.2. The number of primary sulfonamides is 1. The first-order chi connectivity index (χ1) is 12.4. The van der Waals surface area contributed by atoms with Crippen molar-refractivity contribution in [3.05, 3.63) is 24.3 Å². The molecular weight excluding hydrogens is 358 g/mol. The van der Waals surface area contributed by atoms with E-state index in [9.17, 15) is 13.2 Å². The lowest BCUT2D eigenvalue weighted by Crippen LogP contribution is -2.48. The van der Waals surface area contributed by atoms with E-state index in [4.69, 9.17) is 14.6 Å². The first-order valence-electron chi connectivity index (χ1n) is 8.83. The molecule has 2 aliphatic heterocycles. The predicted octanol–water partition coefficient (Wildman–Crippen LogP) is 0.890. The maximum absolute atomic E-state index is 12.2. The van der Waals surface area contributed by atoms with Crippen molar-refractivity contribution in [2.24, 2.45) is 5.14 Å². The van der Waals surface area contributed by atoms with Gasteiger partial charge in [-0.25, -0.2) is 13.6 Å². The van der Waals surface area contributed by atoms with Crippen LogP contribution in [0.15, 0.2) is 29.2 Å². The second-order valence-electron chi connectivity index (χ2n) is 6.58. The lowest BCUT2D eigenvalue weighted by Gasteiger charge is -2.37. The number of hydrogen-bond acceptors (Lipinski definition) is 6. The van der Waals surface area contributed by atoms with Crippen LogP contribution in [-0.4, -0.2) is 57.9 Å². The fourth-order valence-electron chi connectivity index (χ4n) is 3.40. The Morgan fingerprint density at radius 1 is 1.19 bits per heavy atom. The van der Waals surface area contributed by atoms with Crippen molar-refractivity contribution in [3.63, 3.8) is 0 Å². The number of nitrogens with one attached hydrogen (secondary N) is 1. The minimum Gasteiger partial charge on any atom is -0.349 e. The van der Waals surface area contributed by atoms with Gasteiger partial charge in [0.1, 0.15) is 0 Å². The number of likely N-dealkylation sites (tertiary alicyclic amines) is 1. The average molecular weight is 383 g/mol. The van der Waals surface area contributed by atoms with Crippen LogP contribution < -0.4 is 10.5 Å². The van der Waals surface area contributed by atoms with Gasteiger partial charge in [-0.2, -0.15) is 0 Å². The van der Waals surface area contributed by atoms with Gasteiger partial charge >= 0.3 is 0 Å². The van der Waals surface area contributed by atoms with Gasteiger partial charge in [-0.1, -0.05) is 6.42 Å². The van der Waals surface area contributed by atoms with Crippen LogP contribution in [-0.2, 0) is 24.3 Å². The first-order valence-corrected chi connectivity index (χ1v) is 10.4. The van der Waals surface area contributed by atoms with Crippen LogP contribution in [0.3, 0.4) is 0 Å². The van der Waals surface area contributed by atoms with E-state index >= 15 is 0 Å². The van der Waals surface area contributed by atoms with Gasteiger partial charge in [0, 0.05) is 18.7 Å². The van der Waals surface area contributed by atoms with E-state index in [0.717, 1.165) is 25.8 Å². The van der Waals surface area contributed by atoms with Crippen LogP contribution >= 0.6 is 0 Å². The second-order valence-corrected chi connectivity index (χ2v) is 8.14. The molecule has 8 nitrogen and oxygen atoms in total. The van der Waals surface area contributed by atoms with Crippen LogP contribution in [0.5, 0.6) is 0 Å². The minimum absolute atomic E-state index is 0.0169. The number of amides is 1. The molecular formula is C17H25N3O5S. The number of anilines is 1. The van der Waals surface area contributed by atoms with E-state index < -0.39 is 10.0 Å². The summed E-state index contributed by atoms with van der Waals surface area (Å²) >= 11 is 0. The zero-order chi connectivity index (χ0) is 18.6. The Balaban J connectivity index is 1.51. The number of carbonyl (C=O) groups excluding carboxylic acids is 1. The largest absolute Gasteiger partial charge is 0.349 e. The third-order valence-electron chi connectivity index (χ3n) is 4.72. The number of sulfonamides is 1. The summed E-state index contributed by atoms with van der Waals surface area (Å²) in [5, 5.41) is 7.84. The summed E-state index contributed by atoms with van der Waals surface area (Å²) in [7, 11) is -3.73. The summed E-state index contributed by atoms with van der Waals surface area (Å²) in [5.74, 6) is -0.120. The van der Waals surface area contributed by atoms with Crippen LogP contribution in [0.25, 0.3) is 0 Å². The topological polar surface area (TPSA) is 111 Å². The smallest absolute Gasteiger partial charge is 0.238 e. The molecule has 144 valence electrons. The zero-order valence-corrected chi connectivity index (χ0v) is 15.4. The van der Waals surface area contributed by atoms with Crippen molar-refractivity contribution in [2.75, 3.05) is 31.6 Å². The third-order valence-corrected chi connectivity index (χ3v) is 5.65. The van der Waals surface area contributed by atoms with Crippen molar-refractivity contribution < 1.29 is 22.7 Å². The highest BCUT2D eigenvalue weighted by atomic mass is 32.2. The van der Waals surface area contributed by atoms with E-state index in [0.29, 0.717) is 31.9 Å². The highest BCUT2D eigenvalue weighted by Gasteiger charge is 2.33. The summed E-state index contributed by atoms with van der Waals surface area (Å²) in [4.78, 5) is 14.5. The Hall–Kier alpha value is -1.52. The maximum Gasteiger partial charge on any atom is 0.238 e. The fraction of sp³-hybridized carbons (Fsp3) is 0.588. The highest BCUT2D eigenvalue weighted by Crippen LogP contribution is 2.24. The van der Waals surface area contributed by atoms with Crippen molar-refractivity contribution >= 4 is 21.6 Å². The van der Waals surface area contributed by atoms with Crippen molar-refractivity contribution in [1.82, 2.24) is 4.90 Å². The molecule has 1 atom stereocenters. The number of hydrogen-bond donors (Lipinski definition) is 2. The number of nitrogens with two attached hydrogens (primary N) is 1. The Morgan fingerprint density at radius 3 is 2.54 bits per heavy atom. The van der Waals surface area contributed by atoms with Gasteiger partial charge in [-0.05, 0) is 43.7 Å². The lowest BCUT2D eigenvalue weighted by molar-refractivity contribution is -0.120. The summed E-state index contributed by atoms with van der Waals surface area (Å²) in [6.45, 7) is 2.83. The third kappa shape index (κ3) is 5.01. The monoisotopic (exact) mass is 383 g/mol. The molecule has 2 heterocycles. The highest BCUT2D eigenvalue weighted by molar-refractivity contribution is 7.89. The summed E-state index contributed by atoms with van der Waals surface area (Å²) in [6, 6.07) is 6.01. The van der Waals surface area contributed by atoms with E-state index in [1.54, 1.807) is 0 Å². The molecule has 1 aromatic rings. The Kier molecular flexibility index (Phi) is 6.25. The zero-order valence-electron chi connectivity index (χ0n) is 14.6. The molecule has 9 heteroatoms. The number of ether oxygens (including phenoxy) is 2. The molecule has 0 aliphatic carbocycles. The molecule has 0 spiro atoms. The van der Waals surface area contributed by atoms with Crippen LogP contribution in [0.2, 0.25) is 0 Å². The van der Waals surface area contributed by atoms with Gasteiger partial charge in [-0.3, -0.25) is 9.69 Å². The fourth-order valence-corrected chi connectivity index (χ4v) is 3.91. The molecule has 0 bridgehead atoms. The normalized spacial score (nSPS) is 22.4. The van der Waals surface area contributed by atoms with Crippen LogP contribution in [0.4, 0.5) is 5.69 Å². The Bertz CT molecular complexity index is 716. The summed E-state index contributed by atoms with van der Waals surface area (Å²) < 4.78 is 33.8. The number of rotatable bonds is 6. The van der Waals surface area contributed by atoms with Crippen LogP contribution in [0, 0.1) is 0 Å². The van der Waals surface area contributed by atoms with Gasteiger partial charge < -0.3 is 14.8 Å². The molecule has 1 amide bonds. The predicted molar refractivity (Wildman–Crippen MR) is 96.0 cm³/mol. The Labute approximate surface area is 153 Å². The van der Waals surface area contributed by atoms with Gasteiger partial charge in [0.25, 0.3) is 0 Å². The van der Waals surface area contributed by atoms with Gasteiger partial charge in [-0.15, -0.1) is 0 Å². The summed E-state index contributed by atoms with van der Waals surface area (Å²) in [6.07, 6.45) is 3.43. The molecule has 2 fully saturated rings. The number of nitrogens with zero attached hydrogens (tertiary/aromatic N) is 1. The quantitative estimate of drug-likeness (QED) is 0.755. The van der Waals surface area contributed by atoms with Gasteiger partial charge in [0.2, 0.25) is 15.9 Å². The SMILES string of the molecule is NS(=O)(=O)c1ccc(NC(=O)CCN2CCCCC2C2OCCO2)cc1. The van der Waals surface area contributed by atoms with Crippen LogP contribution in [0.1, 0.15) is 25.7 Å². The minimum atomic E-state index is -3.73. The molecule has 0 radical (unpaired) electrons. The van der Waals surface area contributed by atoms with Crippen molar-refractivity contribution in [1.29, 1.82) is 0 Å². The molecule has 3 rings (SSSR count). The lowest BCUT2D eigenvalue weighted by atomic mass is 10.0. The summed E-state index contributed by atoms with van der Waals surface area (Å²) in [5.41, 5.74) is 0.542. The molecule has 26 heavy (non-hydrogen) atoms. The molecule has 3 N–H and O–H groups in total. The molecule has 2 aliphatic rings. The molecule has 0 saturated carbocycles. The van der Waals surface area contributed by atoms with E-state index in [1.807, 2.05) is 0 Å². The van der Waals surface area contributed by atoms with Gasteiger partial charge in [0.15, 0.2) is 6.29 Å². The standard InChI is InChI=1S/C17H25N3O5S/c18-26(22,23)14-6-4-13(5-7-14)19-16(21)8-10-20-9-2-1-3-15(20)17-24-11-12-25-17/h4-7,15,17H,1-3,8-12H2,(H,19,21)(H2,18,22,23). The van der Waals surface area contributed by atoms with Gasteiger partial charge in [0.05, 0.1) is 24.2 Å². The molecule has 1 unspecified atom stereocenters. The Morgan fingerprint density at radius 2 is 1.88 bits per heavy atom. The molecule has 1 aromatic carbocycles. The second kappa shape index (κ2) is 8.45. The van der Waals surface area contributed by atoms with Crippen molar-refractivity contribution in [2.45, 2.75) is 42.9 Å². The number of piperidine rings is 1. The molecule has 2 saturated heterocycles.